The van der Waals surface area contributed by atoms with Crippen LogP contribution < -0.4 is 0 Å². The predicted molar refractivity (Wildman–Crippen MR) is 104 cm³/mol. The molecule has 0 aromatic carbocycles. The molecule has 1 saturated heterocycles. The number of aliphatic hydroxyl groups is 1. The Morgan fingerprint density at radius 3 is 2.32 bits per heavy atom. The average Bonchev–Trinajstić information content (AvgIpc) is 2.41. The normalized spacial score (nSPS) is 23.2. The average molecular weight is 372 g/mol. The molecule has 1 fully saturated rings. The second-order valence-electron chi connectivity index (χ2n) is 9.38. The minimum absolute atomic E-state index is 0.0353. The molecule has 1 aliphatic rings. The van der Waals surface area contributed by atoms with Gasteiger partial charge < -0.3 is 19.2 Å². The van der Waals surface area contributed by atoms with E-state index in [0.29, 0.717) is 6.54 Å². The molecule has 6 heteroatoms. The predicted octanol–water partition coefficient (Wildman–Crippen LogP) is 4.32. The van der Waals surface area contributed by atoms with Crippen LogP contribution in [0.5, 0.6) is 0 Å². The fourth-order valence-corrected chi connectivity index (χ4v) is 4.01. The van der Waals surface area contributed by atoms with Crippen molar-refractivity contribution in [2.45, 2.75) is 90.3 Å². The molecule has 0 aliphatic carbocycles. The Morgan fingerprint density at radius 1 is 1.24 bits per heavy atom. The van der Waals surface area contributed by atoms with Crippen LogP contribution in [0, 0.1) is 0 Å². The van der Waals surface area contributed by atoms with E-state index in [-0.39, 0.29) is 29.9 Å². The van der Waals surface area contributed by atoms with Gasteiger partial charge in [0.1, 0.15) is 5.60 Å². The number of hydrogen-bond acceptors (Lipinski definition) is 4. The van der Waals surface area contributed by atoms with Crippen molar-refractivity contribution in [1.29, 1.82) is 0 Å². The standard InChI is InChI=1S/C19H37NO4Si/c1-18(2,3)23-17(22)20-12-11-16(14-15(20)10-9-13-21)24-25(7,8)19(4,5)6/h9-10,15-16,21H,11-14H2,1-8H3/b10-9+/t15-,16-/m0/s1. The lowest BCUT2D eigenvalue weighted by molar-refractivity contribution is 0.00145. The van der Waals surface area contributed by atoms with E-state index in [4.69, 9.17) is 14.3 Å². The molecule has 1 N–H and O–H groups in total. The molecular formula is C19H37NO4Si. The van der Waals surface area contributed by atoms with Gasteiger partial charge in [-0.3, -0.25) is 0 Å². The number of amides is 1. The number of carbonyl (C=O) groups excluding carboxylic acids is 1. The molecule has 0 spiro atoms. The zero-order valence-corrected chi connectivity index (χ0v) is 18.3. The summed E-state index contributed by atoms with van der Waals surface area (Å²) in [5, 5.41) is 9.28. The van der Waals surface area contributed by atoms with Crippen LogP contribution in [0.4, 0.5) is 4.79 Å². The number of ether oxygens (including phenoxy) is 1. The number of aliphatic hydroxyl groups excluding tert-OH is 1. The van der Waals surface area contributed by atoms with Gasteiger partial charge in [0.05, 0.1) is 12.6 Å². The SMILES string of the molecule is CC(C)(C)OC(=O)N1CC[C@H](O[Si](C)(C)C(C)(C)C)C[C@@H]1/C=C/CO. The summed E-state index contributed by atoms with van der Waals surface area (Å²) >= 11 is 0. The Balaban J connectivity index is 2.85. The first-order valence-electron chi connectivity index (χ1n) is 9.22. The van der Waals surface area contributed by atoms with Crippen molar-refractivity contribution in [2.75, 3.05) is 13.2 Å². The van der Waals surface area contributed by atoms with Crippen LogP contribution in [0.25, 0.3) is 0 Å². The highest BCUT2D eigenvalue weighted by atomic mass is 28.4. The van der Waals surface area contributed by atoms with Gasteiger partial charge in [0.2, 0.25) is 0 Å². The first-order valence-corrected chi connectivity index (χ1v) is 12.1. The maximum atomic E-state index is 12.5. The van der Waals surface area contributed by atoms with Crippen molar-refractivity contribution >= 4 is 14.4 Å². The molecule has 5 nitrogen and oxygen atoms in total. The summed E-state index contributed by atoms with van der Waals surface area (Å²) in [4.78, 5) is 14.3. The monoisotopic (exact) mass is 371 g/mol. The van der Waals surface area contributed by atoms with E-state index in [0.717, 1.165) is 12.8 Å². The van der Waals surface area contributed by atoms with Crippen molar-refractivity contribution in [1.82, 2.24) is 4.90 Å². The number of hydrogen-bond donors (Lipinski definition) is 1. The van der Waals surface area contributed by atoms with Crippen molar-refractivity contribution in [3.05, 3.63) is 12.2 Å². The number of nitrogens with zero attached hydrogens (tertiary/aromatic N) is 1. The Labute approximate surface area is 154 Å². The largest absolute Gasteiger partial charge is 0.444 e. The molecule has 1 aliphatic heterocycles. The lowest BCUT2D eigenvalue weighted by Crippen LogP contribution is -2.52. The second kappa shape index (κ2) is 8.23. The molecule has 25 heavy (non-hydrogen) atoms. The third kappa shape index (κ3) is 6.75. The zero-order chi connectivity index (χ0) is 19.5. The van der Waals surface area contributed by atoms with E-state index in [2.05, 4.69) is 33.9 Å². The van der Waals surface area contributed by atoms with Gasteiger partial charge in [-0.05, 0) is 51.7 Å². The fourth-order valence-electron chi connectivity index (χ4n) is 2.61. The zero-order valence-electron chi connectivity index (χ0n) is 17.3. The molecule has 0 radical (unpaired) electrons. The minimum atomic E-state index is -1.85. The highest BCUT2D eigenvalue weighted by molar-refractivity contribution is 6.74. The minimum Gasteiger partial charge on any atom is -0.444 e. The van der Waals surface area contributed by atoms with Gasteiger partial charge in [-0.25, -0.2) is 4.79 Å². The molecule has 146 valence electrons. The fraction of sp³-hybridized carbons (Fsp3) is 0.842. The molecule has 1 heterocycles. The van der Waals surface area contributed by atoms with Crippen LogP contribution in [-0.4, -0.2) is 55.3 Å². The third-order valence-electron chi connectivity index (χ3n) is 4.96. The highest BCUT2D eigenvalue weighted by Gasteiger charge is 2.41. The summed E-state index contributed by atoms with van der Waals surface area (Å²) in [5.41, 5.74) is -0.517. The molecular weight excluding hydrogens is 334 g/mol. The van der Waals surface area contributed by atoms with Crippen molar-refractivity contribution in [2.24, 2.45) is 0 Å². The van der Waals surface area contributed by atoms with E-state index in [1.54, 1.807) is 11.0 Å². The second-order valence-corrected chi connectivity index (χ2v) is 14.1. The van der Waals surface area contributed by atoms with Crippen molar-refractivity contribution in [3.63, 3.8) is 0 Å². The van der Waals surface area contributed by atoms with Gasteiger partial charge in [0, 0.05) is 12.6 Å². The molecule has 2 atom stereocenters. The van der Waals surface area contributed by atoms with Crippen molar-refractivity contribution in [3.8, 4) is 0 Å². The first-order chi connectivity index (χ1) is 11.3. The van der Waals surface area contributed by atoms with Gasteiger partial charge in [0.15, 0.2) is 8.32 Å². The summed E-state index contributed by atoms with van der Waals surface area (Å²) in [5.74, 6) is 0. The smallest absolute Gasteiger partial charge is 0.410 e. The molecule has 0 aromatic rings. The van der Waals surface area contributed by atoms with Crippen LogP contribution >= 0.6 is 0 Å². The van der Waals surface area contributed by atoms with E-state index >= 15 is 0 Å². The van der Waals surface area contributed by atoms with Crippen LogP contribution in [0.3, 0.4) is 0 Å². The molecule has 0 aromatic heterocycles. The Bertz CT molecular complexity index is 477. The van der Waals surface area contributed by atoms with Gasteiger partial charge in [-0.15, -0.1) is 0 Å². The third-order valence-corrected chi connectivity index (χ3v) is 9.49. The van der Waals surface area contributed by atoms with Crippen LogP contribution in [0.2, 0.25) is 18.1 Å². The molecule has 1 amide bonds. The van der Waals surface area contributed by atoms with Gasteiger partial charge in [-0.1, -0.05) is 32.9 Å². The van der Waals surface area contributed by atoms with Crippen LogP contribution in [0.1, 0.15) is 54.4 Å². The van der Waals surface area contributed by atoms with E-state index in [1.807, 2.05) is 26.8 Å². The number of piperidine rings is 1. The molecule has 1 rings (SSSR count). The van der Waals surface area contributed by atoms with Crippen molar-refractivity contribution < 1.29 is 19.1 Å². The number of likely N-dealkylation sites (tertiary alicyclic amines) is 1. The summed E-state index contributed by atoms with van der Waals surface area (Å²) in [6.07, 6.45) is 4.97. The van der Waals surface area contributed by atoms with Gasteiger partial charge in [-0.2, -0.15) is 0 Å². The van der Waals surface area contributed by atoms with E-state index in [1.165, 1.54) is 0 Å². The van der Waals surface area contributed by atoms with Gasteiger partial charge in [0.25, 0.3) is 0 Å². The Morgan fingerprint density at radius 2 is 1.84 bits per heavy atom. The van der Waals surface area contributed by atoms with Gasteiger partial charge >= 0.3 is 6.09 Å². The van der Waals surface area contributed by atoms with E-state index in [9.17, 15) is 4.79 Å². The Kier molecular flexibility index (Phi) is 7.30. The lowest BCUT2D eigenvalue weighted by Gasteiger charge is -2.44. The Hall–Kier alpha value is -0.853. The maximum absolute atomic E-state index is 12.5. The summed E-state index contributed by atoms with van der Waals surface area (Å²) in [6.45, 7) is 17.4. The number of rotatable bonds is 4. The lowest BCUT2D eigenvalue weighted by atomic mass is 9.99. The molecule has 0 saturated carbocycles. The molecule has 0 bridgehead atoms. The summed E-state index contributed by atoms with van der Waals surface area (Å²) in [6, 6.07) is -0.106. The summed E-state index contributed by atoms with van der Waals surface area (Å²) < 4.78 is 12.1. The van der Waals surface area contributed by atoms with Crippen LogP contribution in [0.15, 0.2) is 12.2 Å². The number of carbonyl (C=O) groups is 1. The topological polar surface area (TPSA) is 59.0 Å². The highest BCUT2D eigenvalue weighted by Crippen LogP contribution is 2.39. The van der Waals surface area contributed by atoms with Crippen LogP contribution in [-0.2, 0) is 9.16 Å². The van der Waals surface area contributed by atoms with E-state index < -0.39 is 13.9 Å². The quantitative estimate of drug-likeness (QED) is 0.590. The maximum Gasteiger partial charge on any atom is 0.410 e. The molecule has 0 unspecified atom stereocenters. The summed E-state index contributed by atoms with van der Waals surface area (Å²) in [7, 11) is -1.85. The first kappa shape index (κ1) is 22.2.